The number of allylic oxidation sites excluding steroid dienone is 1. The number of nitrogen functional groups attached to an aromatic ring is 1. The Bertz CT molecular complexity index is 327. The van der Waals surface area contributed by atoms with Crippen molar-refractivity contribution in [2.24, 2.45) is 0 Å². The fourth-order valence-corrected chi connectivity index (χ4v) is 2.11. The van der Waals surface area contributed by atoms with E-state index in [9.17, 15) is 0 Å². The van der Waals surface area contributed by atoms with Crippen LogP contribution in [0.15, 0.2) is 30.9 Å². The van der Waals surface area contributed by atoms with Gasteiger partial charge in [0.25, 0.3) is 0 Å². The van der Waals surface area contributed by atoms with Crippen LogP contribution in [0.1, 0.15) is 50.2 Å². The fraction of sp³-hybridized carbons (Fsp3) is 0.467. The van der Waals surface area contributed by atoms with Crippen LogP contribution in [0, 0.1) is 0 Å². The lowest BCUT2D eigenvalue weighted by Crippen LogP contribution is -2.18. The van der Waals surface area contributed by atoms with Gasteiger partial charge in [-0.05, 0) is 42.4 Å². The SMILES string of the molecule is C=CCCC1Cc2cccc(N)c21.CCC. The Balaban J connectivity index is 0.000000386. The van der Waals surface area contributed by atoms with Crippen molar-refractivity contribution in [1.82, 2.24) is 0 Å². The van der Waals surface area contributed by atoms with Crippen LogP contribution in [0.2, 0.25) is 0 Å². The van der Waals surface area contributed by atoms with E-state index in [2.05, 4.69) is 26.5 Å². The standard InChI is InChI=1S/C12H15N.C3H8/c1-2-3-5-9-8-10-6-4-7-11(13)12(9)10;1-3-2/h2,4,6-7,9H,1,3,5,8,13H2;3H2,1-2H3. The molecule has 2 N–H and O–H groups in total. The molecule has 1 aromatic carbocycles. The Morgan fingerprint density at radius 3 is 2.69 bits per heavy atom. The Kier molecular flexibility index (Phi) is 5.10. The molecule has 0 saturated heterocycles. The summed E-state index contributed by atoms with van der Waals surface area (Å²) in [6.45, 7) is 7.99. The molecule has 0 heterocycles. The predicted molar refractivity (Wildman–Crippen MR) is 72.7 cm³/mol. The first-order chi connectivity index (χ1) is 7.74. The van der Waals surface area contributed by atoms with Crippen LogP contribution in [-0.4, -0.2) is 0 Å². The summed E-state index contributed by atoms with van der Waals surface area (Å²) < 4.78 is 0. The zero-order valence-corrected chi connectivity index (χ0v) is 10.5. The number of rotatable bonds is 3. The summed E-state index contributed by atoms with van der Waals surface area (Å²) in [5.74, 6) is 0.689. The number of benzene rings is 1. The van der Waals surface area contributed by atoms with Crippen molar-refractivity contribution < 1.29 is 0 Å². The molecule has 16 heavy (non-hydrogen) atoms. The van der Waals surface area contributed by atoms with Gasteiger partial charge in [0.05, 0.1) is 0 Å². The molecule has 1 heteroatoms. The summed E-state index contributed by atoms with van der Waals surface area (Å²) in [5.41, 5.74) is 9.71. The van der Waals surface area contributed by atoms with Crippen molar-refractivity contribution in [2.45, 2.75) is 45.4 Å². The third kappa shape index (κ3) is 2.88. The molecule has 1 aromatic rings. The molecule has 0 fully saturated rings. The number of anilines is 1. The molecule has 0 aromatic heterocycles. The second kappa shape index (κ2) is 6.37. The first-order valence-electron chi connectivity index (χ1n) is 6.22. The lowest BCUT2D eigenvalue weighted by atomic mass is 9.74. The van der Waals surface area contributed by atoms with Gasteiger partial charge in [0.15, 0.2) is 0 Å². The van der Waals surface area contributed by atoms with Gasteiger partial charge in [-0.15, -0.1) is 6.58 Å². The van der Waals surface area contributed by atoms with Gasteiger partial charge in [0.1, 0.15) is 0 Å². The normalized spacial score (nSPS) is 16.5. The van der Waals surface area contributed by atoms with Crippen LogP contribution >= 0.6 is 0 Å². The van der Waals surface area contributed by atoms with E-state index in [1.165, 1.54) is 30.4 Å². The quantitative estimate of drug-likeness (QED) is 0.593. The predicted octanol–water partition coefficient (Wildman–Crippen LogP) is 4.29. The summed E-state index contributed by atoms with van der Waals surface area (Å²) >= 11 is 0. The number of hydrogen-bond acceptors (Lipinski definition) is 1. The van der Waals surface area contributed by atoms with E-state index < -0.39 is 0 Å². The maximum Gasteiger partial charge on any atom is 0.0352 e. The van der Waals surface area contributed by atoms with Crippen LogP contribution in [0.5, 0.6) is 0 Å². The molecular formula is C15H23N. The summed E-state index contributed by atoms with van der Waals surface area (Å²) in [6, 6.07) is 6.22. The smallest absolute Gasteiger partial charge is 0.0352 e. The first kappa shape index (κ1) is 12.8. The van der Waals surface area contributed by atoms with E-state index in [0.29, 0.717) is 5.92 Å². The van der Waals surface area contributed by atoms with Crippen molar-refractivity contribution >= 4 is 5.69 Å². The van der Waals surface area contributed by atoms with E-state index in [-0.39, 0.29) is 0 Å². The molecule has 0 radical (unpaired) electrons. The van der Waals surface area contributed by atoms with Gasteiger partial charge in [-0.1, -0.05) is 38.5 Å². The van der Waals surface area contributed by atoms with Gasteiger partial charge in [-0.2, -0.15) is 0 Å². The molecule has 1 nitrogen and oxygen atoms in total. The van der Waals surface area contributed by atoms with Crippen molar-refractivity contribution in [2.75, 3.05) is 5.73 Å². The van der Waals surface area contributed by atoms with E-state index in [1.54, 1.807) is 0 Å². The summed E-state index contributed by atoms with van der Waals surface area (Å²) in [6.07, 6.45) is 6.73. The molecule has 0 saturated carbocycles. The molecule has 0 spiro atoms. The molecule has 0 amide bonds. The van der Waals surface area contributed by atoms with Crippen molar-refractivity contribution in [1.29, 1.82) is 0 Å². The van der Waals surface area contributed by atoms with Gasteiger partial charge in [0, 0.05) is 5.69 Å². The Hall–Kier alpha value is -1.24. The second-order valence-electron chi connectivity index (χ2n) is 4.39. The highest BCUT2D eigenvalue weighted by Crippen LogP contribution is 2.41. The Labute approximate surface area is 99.4 Å². The lowest BCUT2D eigenvalue weighted by molar-refractivity contribution is 0.568. The van der Waals surface area contributed by atoms with Crippen LogP contribution in [0.4, 0.5) is 5.69 Å². The third-order valence-corrected chi connectivity index (χ3v) is 2.82. The molecule has 88 valence electrons. The molecule has 1 unspecified atom stereocenters. The number of nitrogens with two attached hydrogens (primary N) is 1. The molecule has 1 aliphatic rings. The minimum atomic E-state index is 0.689. The Morgan fingerprint density at radius 1 is 1.44 bits per heavy atom. The third-order valence-electron chi connectivity index (χ3n) is 2.82. The van der Waals surface area contributed by atoms with Gasteiger partial charge < -0.3 is 5.73 Å². The largest absolute Gasteiger partial charge is 0.398 e. The minimum Gasteiger partial charge on any atom is -0.398 e. The highest BCUT2D eigenvalue weighted by molar-refractivity contribution is 5.58. The molecule has 2 rings (SSSR count). The Morgan fingerprint density at radius 2 is 2.12 bits per heavy atom. The van der Waals surface area contributed by atoms with E-state index in [4.69, 9.17) is 5.73 Å². The average Bonchev–Trinajstić information content (AvgIpc) is 2.21. The van der Waals surface area contributed by atoms with E-state index in [1.807, 2.05) is 18.2 Å². The maximum absolute atomic E-state index is 5.91. The van der Waals surface area contributed by atoms with Crippen LogP contribution < -0.4 is 5.73 Å². The fourth-order valence-electron chi connectivity index (χ4n) is 2.11. The highest BCUT2D eigenvalue weighted by atomic mass is 14.6. The average molecular weight is 217 g/mol. The van der Waals surface area contributed by atoms with Crippen molar-refractivity contribution in [3.05, 3.63) is 42.0 Å². The summed E-state index contributed by atoms with van der Waals surface area (Å²) in [5, 5.41) is 0. The monoisotopic (exact) mass is 217 g/mol. The highest BCUT2D eigenvalue weighted by Gasteiger charge is 2.26. The summed E-state index contributed by atoms with van der Waals surface area (Å²) in [7, 11) is 0. The van der Waals surface area contributed by atoms with Gasteiger partial charge >= 0.3 is 0 Å². The first-order valence-corrected chi connectivity index (χ1v) is 6.22. The maximum atomic E-state index is 5.91. The zero-order valence-electron chi connectivity index (χ0n) is 10.5. The van der Waals surface area contributed by atoms with Crippen LogP contribution in [0.3, 0.4) is 0 Å². The van der Waals surface area contributed by atoms with Crippen LogP contribution in [-0.2, 0) is 6.42 Å². The van der Waals surface area contributed by atoms with Crippen molar-refractivity contribution in [3.8, 4) is 0 Å². The lowest BCUT2D eigenvalue weighted by Gasteiger charge is -2.31. The summed E-state index contributed by atoms with van der Waals surface area (Å²) in [4.78, 5) is 0. The molecule has 0 bridgehead atoms. The topological polar surface area (TPSA) is 26.0 Å². The van der Waals surface area contributed by atoms with E-state index in [0.717, 1.165) is 12.1 Å². The molecule has 1 atom stereocenters. The van der Waals surface area contributed by atoms with Crippen molar-refractivity contribution in [3.63, 3.8) is 0 Å². The molecule has 1 aliphatic carbocycles. The molecule has 0 aliphatic heterocycles. The zero-order chi connectivity index (χ0) is 12.0. The number of hydrogen-bond donors (Lipinski definition) is 1. The van der Waals surface area contributed by atoms with Crippen LogP contribution in [0.25, 0.3) is 0 Å². The van der Waals surface area contributed by atoms with Gasteiger partial charge in [-0.25, -0.2) is 0 Å². The van der Waals surface area contributed by atoms with E-state index >= 15 is 0 Å². The van der Waals surface area contributed by atoms with Gasteiger partial charge in [-0.3, -0.25) is 0 Å². The second-order valence-corrected chi connectivity index (χ2v) is 4.39. The minimum absolute atomic E-state index is 0.689. The van der Waals surface area contributed by atoms with Gasteiger partial charge in [0.2, 0.25) is 0 Å². The molecular weight excluding hydrogens is 194 g/mol. The number of fused-ring (bicyclic) bond motifs is 1.